The number of aliphatic hydroxyl groups excluding tert-OH is 1. The van der Waals surface area contributed by atoms with Gasteiger partial charge in [0.15, 0.2) is 0 Å². The highest BCUT2D eigenvalue weighted by Crippen LogP contribution is 2.18. The van der Waals surface area contributed by atoms with Gasteiger partial charge in [0.1, 0.15) is 5.60 Å². The van der Waals surface area contributed by atoms with E-state index in [0.29, 0.717) is 13.0 Å². The maximum Gasteiger partial charge on any atom is 0.408 e. The first-order valence-corrected chi connectivity index (χ1v) is 14.2. The van der Waals surface area contributed by atoms with E-state index < -0.39 is 23.8 Å². The minimum atomic E-state index is -0.784. The molecule has 5 nitrogen and oxygen atoms in total. The molecule has 1 amide bonds. The van der Waals surface area contributed by atoms with Gasteiger partial charge in [0.05, 0.1) is 25.4 Å². The number of nitrogens with one attached hydrogen (secondary N) is 1. The van der Waals surface area contributed by atoms with Gasteiger partial charge < -0.3 is 19.9 Å². The molecule has 0 bridgehead atoms. The third-order valence-corrected chi connectivity index (χ3v) is 6.21. The van der Waals surface area contributed by atoms with Crippen LogP contribution in [0.15, 0.2) is 42.5 Å². The van der Waals surface area contributed by atoms with Crippen LogP contribution < -0.4 is 5.32 Å². The Morgan fingerprint density at radius 1 is 0.944 bits per heavy atom. The molecule has 2 atom stereocenters. The second kappa shape index (κ2) is 19.3. The lowest BCUT2D eigenvalue weighted by atomic mass is 9.98. The van der Waals surface area contributed by atoms with Crippen molar-refractivity contribution in [1.82, 2.24) is 5.32 Å². The third kappa shape index (κ3) is 17.6. The zero-order chi connectivity index (χ0) is 26.7. The second-order valence-corrected chi connectivity index (χ2v) is 11.1. The maximum atomic E-state index is 12.4. The van der Waals surface area contributed by atoms with Crippen molar-refractivity contribution in [1.29, 1.82) is 0 Å². The zero-order valence-electron chi connectivity index (χ0n) is 23.5. The van der Waals surface area contributed by atoms with Crippen LogP contribution in [0.4, 0.5) is 4.79 Å². The molecule has 0 unspecified atom stereocenters. The largest absolute Gasteiger partial charge is 0.444 e. The number of ether oxygens (including phenoxy) is 2. The van der Waals surface area contributed by atoms with Crippen LogP contribution in [0.25, 0.3) is 0 Å². The Labute approximate surface area is 221 Å². The summed E-state index contributed by atoms with van der Waals surface area (Å²) in [5.41, 5.74) is 1.45. The molecule has 1 aromatic rings. The molecule has 2 N–H and O–H groups in total. The molecule has 1 aromatic carbocycles. The fourth-order valence-electron chi connectivity index (χ4n) is 4.17. The maximum absolute atomic E-state index is 12.4. The van der Waals surface area contributed by atoms with Gasteiger partial charge in [0, 0.05) is 0 Å². The van der Waals surface area contributed by atoms with Crippen LogP contribution in [0, 0.1) is 0 Å². The quantitative estimate of drug-likeness (QED) is 0.139. The first-order chi connectivity index (χ1) is 17.2. The van der Waals surface area contributed by atoms with Crippen LogP contribution in [-0.2, 0) is 16.1 Å². The lowest BCUT2D eigenvalue weighted by Crippen LogP contribution is -2.48. The molecule has 0 fully saturated rings. The van der Waals surface area contributed by atoms with E-state index in [2.05, 4.69) is 18.8 Å². The van der Waals surface area contributed by atoms with Crippen molar-refractivity contribution in [3.8, 4) is 0 Å². The van der Waals surface area contributed by atoms with E-state index in [4.69, 9.17) is 9.47 Å². The van der Waals surface area contributed by atoms with Crippen molar-refractivity contribution in [3.63, 3.8) is 0 Å². The molecule has 0 radical (unpaired) electrons. The van der Waals surface area contributed by atoms with Gasteiger partial charge in [-0.1, -0.05) is 114 Å². The molecule has 0 aliphatic heterocycles. The highest BCUT2D eigenvalue weighted by molar-refractivity contribution is 5.68. The molecular formula is C31H53NO4. The van der Waals surface area contributed by atoms with Gasteiger partial charge in [-0.05, 0) is 45.6 Å². The zero-order valence-corrected chi connectivity index (χ0v) is 23.5. The van der Waals surface area contributed by atoms with Gasteiger partial charge in [-0.25, -0.2) is 4.79 Å². The van der Waals surface area contributed by atoms with Crippen molar-refractivity contribution in [2.45, 2.75) is 136 Å². The van der Waals surface area contributed by atoms with Gasteiger partial charge in [0.25, 0.3) is 0 Å². The summed E-state index contributed by atoms with van der Waals surface area (Å²) in [6.45, 7) is 12.5. The molecular weight excluding hydrogens is 450 g/mol. The minimum absolute atomic E-state index is 0.195. The van der Waals surface area contributed by atoms with Crippen molar-refractivity contribution in [3.05, 3.63) is 48.0 Å². The lowest BCUT2D eigenvalue weighted by molar-refractivity contribution is 0.0194. The van der Waals surface area contributed by atoms with E-state index in [1.165, 1.54) is 64.2 Å². The minimum Gasteiger partial charge on any atom is -0.444 e. The topological polar surface area (TPSA) is 67.8 Å². The highest BCUT2D eigenvalue weighted by Gasteiger charge is 2.25. The lowest BCUT2D eigenvalue weighted by Gasteiger charge is -2.27. The van der Waals surface area contributed by atoms with Crippen LogP contribution in [-0.4, -0.2) is 35.6 Å². The Kier molecular flexibility index (Phi) is 17.2. The fourth-order valence-corrected chi connectivity index (χ4v) is 4.17. The Hall–Kier alpha value is -1.85. The molecule has 0 heterocycles. The number of unbranched alkanes of at least 4 members (excludes halogenated alkanes) is 10. The average molecular weight is 504 g/mol. The number of rotatable bonds is 20. The summed E-state index contributed by atoms with van der Waals surface area (Å²) < 4.78 is 11.2. The monoisotopic (exact) mass is 503 g/mol. The number of carbonyl (C=O) groups excluding carboxylic acids is 1. The van der Waals surface area contributed by atoms with E-state index >= 15 is 0 Å². The average Bonchev–Trinajstić information content (AvgIpc) is 2.81. The number of alkyl carbamates (subject to hydrolysis) is 1. The van der Waals surface area contributed by atoms with E-state index in [9.17, 15) is 9.90 Å². The van der Waals surface area contributed by atoms with E-state index in [-0.39, 0.29) is 6.61 Å². The summed E-state index contributed by atoms with van der Waals surface area (Å²) in [7, 11) is 0. The Balaban J connectivity index is 2.35. The molecule has 0 spiro atoms. The predicted molar refractivity (Wildman–Crippen MR) is 150 cm³/mol. The van der Waals surface area contributed by atoms with Crippen LogP contribution >= 0.6 is 0 Å². The Morgan fingerprint density at radius 3 is 2.06 bits per heavy atom. The predicted octanol–water partition coefficient (Wildman–Crippen LogP) is 8.10. The SMILES string of the molecule is C=C(CCCCCCCCCCCCC)C[C@H](O)[C@H](COCc1ccccc1)NC(=O)OC(C)(C)C. The van der Waals surface area contributed by atoms with Crippen LogP contribution in [0.2, 0.25) is 0 Å². The molecule has 0 aliphatic carbocycles. The molecule has 0 aromatic heterocycles. The van der Waals surface area contributed by atoms with E-state index in [0.717, 1.165) is 24.0 Å². The standard InChI is InChI=1S/C31H53NO4/c1-6-7-8-9-10-11-12-13-14-15-17-20-26(2)23-29(33)28(32-30(34)36-31(3,4)5)25-35-24-27-21-18-16-19-22-27/h16,18-19,21-22,28-29,33H,2,6-15,17,20,23-25H2,1,3-5H3,(H,32,34)/t28-,29-/m0/s1. The van der Waals surface area contributed by atoms with Gasteiger partial charge in [-0.3, -0.25) is 0 Å². The second-order valence-electron chi connectivity index (χ2n) is 11.1. The van der Waals surface area contributed by atoms with Crippen molar-refractivity contribution in [2.75, 3.05) is 6.61 Å². The molecule has 1 rings (SSSR count). The number of benzene rings is 1. The van der Waals surface area contributed by atoms with Crippen LogP contribution in [0.1, 0.15) is 117 Å². The first-order valence-electron chi connectivity index (χ1n) is 14.2. The third-order valence-electron chi connectivity index (χ3n) is 6.21. The smallest absolute Gasteiger partial charge is 0.408 e. The summed E-state index contributed by atoms with van der Waals surface area (Å²) >= 11 is 0. The summed E-state index contributed by atoms with van der Waals surface area (Å²) in [5.74, 6) is 0. The van der Waals surface area contributed by atoms with Gasteiger partial charge >= 0.3 is 6.09 Å². The van der Waals surface area contributed by atoms with Crippen molar-refractivity contribution in [2.24, 2.45) is 0 Å². The van der Waals surface area contributed by atoms with Crippen molar-refractivity contribution >= 4 is 6.09 Å². The summed E-state index contributed by atoms with van der Waals surface area (Å²) in [5, 5.41) is 13.7. The molecule has 0 aliphatic rings. The number of hydrogen-bond donors (Lipinski definition) is 2. The number of carbonyl (C=O) groups is 1. The first kappa shape index (κ1) is 32.2. The van der Waals surface area contributed by atoms with E-state index in [1.807, 2.05) is 51.1 Å². The van der Waals surface area contributed by atoms with Crippen LogP contribution in [0.5, 0.6) is 0 Å². The van der Waals surface area contributed by atoms with Gasteiger partial charge in [-0.15, -0.1) is 0 Å². The Bertz CT molecular complexity index is 698. The molecule has 5 heteroatoms. The van der Waals surface area contributed by atoms with Crippen molar-refractivity contribution < 1.29 is 19.4 Å². The highest BCUT2D eigenvalue weighted by atomic mass is 16.6. The normalized spacial score (nSPS) is 13.2. The number of aliphatic hydroxyl groups is 1. The molecule has 206 valence electrons. The number of hydrogen-bond acceptors (Lipinski definition) is 4. The number of amides is 1. The van der Waals surface area contributed by atoms with Gasteiger partial charge in [0.2, 0.25) is 0 Å². The summed E-state index contributed by atoms with van der Waals surface area (Å²) in [4.78, 5) is 12.4. The summed E-state index contributed by atoms with van der Waals surface area (Å²) in [6, 6.07) is 9.29. The van der Waals surface area contributed by atoms with E-state index in [1.54, 1.807) is 0 Å². The fraction of sp³-hybridized carbons (Fsp3) is 0.710. The van der Waals surface area contributed by atoms with Gasteiger partial charge in [-0.2, -0.15) is 0 Å². The molecule has 0 saturated carbocycles. The molecule has 0 saturated heterocycles. The Morgan fingerprint density at radius 2 is 1.50 bits per heavy atom. The molecule has 36 heavy (non-hydrogen) atoms. The van der Waals surface area contributed by atoms with Crippen LogP contribution in [0.3, 0.4) is 0 Å². The summed E-state index contributed by atoms with van der Waals surface area (Å²) in [6.07, 6.45) is 14.4.